The first-order valence-electron chi connectivity index (χ1n) is 5.29. The second kappa shape index (κ2) is 4.70. The van der Waals surface area contributed by atoms with Gasteiger partial charge in [0.1, 0.15) is 5.75 Å². The summed E-state index contributed by atoms with van der Waals surface area (Å²) in [5.41, 5.74) is 5.94. The van der Waals surface area contributed by atoms with Crippen LogP contribution >= 0.6 is 0 Å². The zero-order chi connectivity index (χ0) is 13.2. The average Bonchev–Trinajstić information content (AvgIpc) is 2.39. The molecule has 0 spiro atoms. The molecule has 5 heteroatoms. The van der Waals surface area contributed by atoms with Gasteiger partial charge in [-0.1, -0.05) is 12.1 Å². The normalized spacial score (nSPS) is 11.2. The Balaban J connectivity index is 2.51. The summed E-state index contributed by atoms with van der Waals surface area (Å²) in [6, 6.07) is 12.6. The summed E-state index contributed by atoms with van der Waals surface area (Å²) >= 11 is 0. The van der Waals surface area contributed by atoms with Gasteiger partial charge in [-0.15, -0.1) is 0 Å². The van der Waals surface area contributed by atoms with Gasteiger partial charge in [0.05, 0.1) is 22.6 Å². The van der Waals surface area contributed by atoms with Gasteiger partial charge >= 0.3 is 0 Å². The summed E-state index contributed by atoms with van der Waals surface area (Å²) in [6.45, 7) is 0. The predicted octanol–water partition coefficient (Wildman–Crippen LogP) is 2.11. The van der Waals surface area contributed by atoms with Crippen molar-refractivity contribution >= 4 is 15.5 Å². The summed E-state index contributed by atoms with van der Waals surface area (Å²) in [7, 11) is -2.05. The highest BCUT2D eigenvalue weighted by Gasteiger charge is 2.19. The molecule has 2 aromatic carbocycles. The second-order valence-electron chi connectivity index (χ2n) is 3.72. The molecule has 0 fully saturated rings. The van der Waals surface area contributed by atoms with Gasteiger partial charge in [-0.3, -0.25) is 0 Å². The molecule has 0 unspecified atom stereocenters. The maximum atomic E-state index is 12.3. The summed E-state index contributed by atoms with van der Waals surface area (Å²) in [5.74, 6) is 0.606. The summed E-state index contributed by atoms with van der Waals surface area (Å²) in [6.07, 6.45) is 0. The Bertz CT molecular complexity index is 648. The SMILES string of the molecule is COc1ccc(S(=O)(=O)c2ccccc2N)cc1. The van der Waals surface area contributed by atoms with Gasteiger partial charge in [-0.2, -0.15) is 0 Å². The van der Waals surface area contributed by atoms with Crippen molar-refractivity contribution in [1.29, 1.82) is 0 Å². The third-order valence-electron chi connectivity index (χ3n) is 2.58. The van der Waals surface area contributed by atoms with Crippen LogP contribution < -0.4 is 10.5 Å². The predicted molar refractivity (Wildman–Crippen MR) is 69.3 cm³/mol. The summed E-state index contributed by atoms with van der Waals surface area (Å²) in [5, 5.41) is 0. The van der Waals surface area contributed by atoms with Crippen molar-refractivity contribution in [3.05, 3.63) is 48.5 Å². The number of hydrogen-bond donors (Lipinski definition) is 1. The molecular formula is C13H13NO3S. The van der Waals surface area contributed by atoms with E-state index in [0.717, 1.165) is 0 Å². The van der Waals surface area contributed by atoms with Crippen molar-refractivity contribution < 1.29 is 13.2 Å². The van der Waals surface area contributed by atoms with Crippen LogP contribution in [0.4, 0.5) is 5.69 Å². The fourth-order valence-corrected chi connectivity index (χ4v) is 2.99. The Morgan fingerprint density at radius 1 is 1.00 bits per heavy atom. The number of anilines is 1. The molecule has 0 aliphatic rings. The third-order valence-corrected chi connectivity index (χ3v) is 4.42. The Kier molecular flexibility index (Phi) is 3.25. The van der Waals surface area contributed by atoms with Crippen molar-refractivity contribution in [1.82, 2.24) is 0 Å². The fraction of sp³-hybridized carbons (Fsp3) is 0.0769. The van der Waals surface area contributed by atoms with Crippen molar-refractivity contribution in [2.45, 2.75) is 9.79 Å². The van der Waals surface area contributed by atoms with Gasteiger partial charge in [-0.25, -0.2) is 8.42 Å². The Hall–Kier alpha value is -2.01. The molecule has 2 N–H and O–H groups in total. The third kappa shape index (κ3) is 2.17. The number of para-hydroxylation sites is 1. The van der Waals surface area contributed by atoms with E-state index in [1.54, 1.807) is 30.3 Å². The zero-order valence-electron chi connectivity index (χ0n) is 9.83. The van der Waals surface area contributed by atoms with E-state index in [-0.39, 0.29) is 15.5 Å². The fourth-order valence-electron chi connectivity index (χ4n) is 1.61. The van der Waals surface area contributed by atoms with Gasteiger partial charge < -0.3 is 10.5 Å². The Morgan fingerprint density at radius 3 is 2.17 bits per heavy atom. The highest BCUT2D eigenvalue weighted by atomic mass is 32.2. The molecule has 0 bridgehead atoms. The van der Waals surface area contributed by atoms with Gasteiger partial charge in [0.2, 0.25) is 9.84 Å². The quantitative estimate of drug-likeness (QED) is 0.861. The first kappa shape index (κ1) is 12.4. The van der Waals surface area contributed by atoms with Crippen molar-refractivity contribution in [2.75, 3.05) is 12.8 Å². The minimum Gasteiger partial charge on any atom is -0.497 e. The maximum absolute atomic E-state index is 12.3. The standard InChI is InChI=1S/C13H13NO3S/c1-17-10-6-8-11(9-7-10)18(15,16)13-5-3-2-4-12(13)14/h2-9H,14H2,1H3. The van der Waals surface area contributed by atoms with Gasteiger partial charge in [-0.05, 0) is 36.4 Å². The highest BCUT2D eigenvalue weighted by molar-refractivity contribution is 7.91. The summed E-state index contributed by atoms with van der Waals surface area (Å²) in [4.78, 5) is 0.316. The van der Waals surface area contributed by atoms with E-state index in [1.165, 1.54) is 25.3 Å². The minimum atomic E-state index is -3.58. The zero-order valence-corrected chi connectivity index (χ0v) is 10.6. The van der Waals surface area contributed by atoms with E-state index >= 15 is 0 Å². The Labute approximate surface area is 106 Å². The van der Waals surface area contributed by atoms with Crippen LogP contribution in [-0.4, -0.2) is 15.5 Å². The molecule has 4 nitrogen and oxygen atoms in total. The molecule has 18 heavy (non-hydrogen) atoms. The van der Waals surface area contributed by atoms with Crippen LogP contribution in [0, 0.1) is 0 Å². The molecule has 0 heterocycles. The van der Waals surface area contributed by atoms with E-state index in [0.29, 0.717) is 5.75 Å². The van der Waals surface area contributed by atoms with Crippen LogP contribution in [0.25, 0.3) is 0 Å². The number of rotatable bonds is 3. The lowest BCUT2D eigenvalue weighted by molar-refractivity contribution is 0.414. The van der Waals surface area contributed by atoms with Crippen LogP contribution in [0.5, 0.6) is 5.75 Å². The number of methoxy groups -OCH3 is 1. The second-order valence-corrected chi connectivity index (χ2v) is 5.63. The van der Waals surface area contributed by atoms with Crippen LogP contribution in [0.2, 0.25) is 0 Å². The molecule has 2 aromatic rings. The number of hydrogen-bond acceptors (Lipinski definition) is 4. The first-order chi connectivity index (χ1) is 8.55. The largest absolute Gasteiger partial charge is 0.497 e. The topological polar surface area (TPSA) is 69.4 Å². The molecule has 0 aliphatic heterocycles. The smallest absolute Gasteiger partial charge is 0.208 e. The van der Waals surface area contributed by atoms with E-state index in [1.807, 2.05) is 0 Å². The van der Waals surface area contributed by atoms with Gasteiger partial charge in [0.25, 0.3) is 0 Å². The molecule has 0 aliphatic carbocycles. The van der Waals surface area contributed by atoms with E-state index in [4.69, 9.17) is 10.5 Å². The molecule has 0 radical (unpaired) electrons. The van der Waals surface area contributed by atoms with Crippen LogP contribution in [0.15, 0.2) is 58.3 Å². The van der Waals surface area contributed by atoms with E-state index < -0.39 is 9.84 Å². The van der Waals surface area contributed by atoms with Gasteiger partial charge in [0.15, 0.2) is 0 Å². The lowest BCUT2D eigenvalue weighted by Crippen LogP contribution is -2.05. The number of nitrogens with two attached hydrogens (primary N) is 1. The molecule has 0 aromatic heterocycles. The molecule has 0 atom stereocenters. The number of ether oxygens (including phenoxy) is 1. The first-order valence-corrected chi connectivity index (χ1v) is 6.77. The molecular weight excluding hydrogens is 250 g/mol. The Morgan fingerprint density at radius 2 is 1.61 bits per heavy atom. The molecule has 94 valence electrons. The number of sulfone groups is 1. The lowest BCUT2D eigenvalue weighted by Gasteiger charge is -2.07. The molecule has 0 amide bonds. The van der Waals surface area contributed by atoms with E-state index in [9.17, 15) is 8.42 Å². The molecule has 0 saturated carbocycles. The van der Waals surface area contributed by atoms with Crippen molar-refractivity contribution in [3.63, 3.8) is 0 Å². The molecule has 2 rings (SSSR count). The van der Waals surface area contributed by atoms with Gasteiger partial charge in [0, 0.05) is 0 Å². The van der Waals surface area contributed by atoms with Crippen LogP contribution in [0.1, 0.15) is 0 Å². The summed E-state index contributed by atoms with van der Waals surface area (Å²) < 4.78 is 29.7. The molecule has 0 saturated heterocycles. The monoisotopic (exact) mass is 263 g/mol. The van der Waals surface area contributed by atoms with Crippen LogP contribution in [0.3, 0.4) is 0 Å². The minimum absolute atomic E-state index is 0.121. The van der Waals surface area contributed by atoms with Crippen LogP contribution in [-0.2, 0) is 9.84 Å². The van der Waals surface area contributed by atoms with Crippen molar-refractivity contribution in [2.24, 2.45) is 0 Å². The lowest BCUT2D eigenvalue weighted by atomic mass is 10.3. The highest BCUT2D eigenvalue weighted by Crippen LogP contribution is 2.26. The maximum Gasteiger partial charge on any atom is 0.208 e. The van der Waals surface area contributed by atoms with E-state index in [2.05, 4.69) is 0 Å². The van der Waals surface area contributed by atoms with Crippen molar-refractivity contribution in [3.8, 4) is 5.75 Å². The average molecular weight is 263 g/mol. The number of nitrogen functional groups attached to an aromatic ring is 1. The number of benzene rings is 2.